The largest absolute Gasteiger partial charge is 0.411 e. The van der Waals surface area contributed by atoms with E-state index in [0.717, 1.165) is 0 Å². The molecule has 1 aliphatic carbocycles. The molecule has 0 atom stereocenters. The van der Waals surface area contributed by atoms with E-state index in [0.29, 0.717) is 19.4 Å². The summed E-state index contributed by atoms with van der Waals surface area (Å²) in [6.07, 6.45) is -3.36. The van der Waals surface area contributed by atoms with Crippen molar-refractivity contribution in [3.63, 3.8) is 0 Å². The molecule has 0 aromatic rings. The van der Waals surface area contributed by atoms with Crippen LogP contribution in [0.2, 0.25) is 0 Å². The molecule has 0 heterocycles. The second-order valence-corrected chi connectivity index (χ2v) is 4.21. The Morgan fingerprint density at radius 3 is 2.59 bits per heavy atom. The number of hydrogen-bond acceptors (Lipinski definition) is 3. The van der Waals surface area contributed by atoms with E-state index in [1.54, 1.807) is 0 Å². The van der Waals surface area contributed by atoms with Crippen molar-refractivity contribution in [3.8, 4) is 0 Å². The van der Waals surface area contributed by atoms with Gasteiger partial charge in [0.05, 0.1) is 12.7 Å². The number of hydrogen-bond donors (Lipinski definition) is 2. The predicted molar refractivity (Wildman–Crippen MR) is 53.2 cm³/mol. The Morgan fingerprint density at radius 2 is 2.06 bits per heavy atom. The van der Waals surface area contributed by atoms with Gasteiger partial charge in [0.1, 0.15) is 6.61 Å². The van der Waals surface area contributed by atoms with E-state index >= 15 is 0 Å². The molecular formula is C10H16F3NO3. The number of aliphatic hydroxyl groups is 1. The maximum Gasteiger partial charge on any atom is 0.411 e. The monoisotopic (exact) mass is 255 g/mol. The molecule has 0 aliphatic heterocycles. The first kappa shape index (κ1) is 14.2. The predicted octanol–water partition coefficient (Wildman–Crippen LogP) is 0.842. The van der Waals surface area contributed by atoms with Gasteiger partial charge in [0, 0.05) is 13.0 Å². The van der Waals surface area contributed by atoms with E-state index in [1.165, 1.54) is 0 Å². The molecule has 4 nitrogen and oxygen atoms in total. The maximum atomic E-state index is 11.7. The molecule has 2 N–H and O–H groups in total. The van der Waals surface area contributed by atoms with Gasteiger partial charge in [-0.25, -0.2) is 0 Å². The summed E-state index contributed by atoms with van der Waals surface area (Å²) in [5.74, 6) is -0.0430. The molecule has 7 heteroatoms. The van der Waals surface area contributed by atoms with Crippen molar-refractivity contribution >= 4 is 5.91 Å². The molecule has 0 unspecified atom stereocenters. The number of halogens is 3. The highest BCUT2D eigenvalue weighted by molar-refractivity contribution is 5.75. The summed E-state index contributed by atoms with van der Waals surface area (Å²) in [6, 6.07) is 0. The van der Waals surface area contributed by atoms with Crippen molar-refractivity contribution in [3.05, 3.63) is 0 Å². The third-order valence-corrected chi connectivity index (χ3v) is 2.54. The van der Waals surface area contributed by atoms with Crippen LogP contribution in [0.4, 0.5) is 13.2 Å². The molecule has 1 fully saturated rings. The normalized spacial score (nSPS) is 24.2. The van der Waals surface area contributed by atoms with Crippen LogP contribution >= 0.6 is 0 Å². The van der Waals surface area contributed by atoms with E-state index in [-0.39, 0.29) is 31.0 Å². The smallest absolute Gasteiger partial charge is 0.393 e. The van der Waals surface area contributed by atoms with Gasteiger partial charge in [0.15, 0.2) is 0 Å². The average Bonchev–Trinajstić information content (AvgIpc) is 2.16. The van der Waals surface area contributed by atoms with Crippen LogP contribution in [0.1, 0.15) is 19.3 Å². The van der Waals surface area contributed by atoms with Crippen molar-refractivity contribution in [1.29, 1.82) is 0 Å². The van der Waals surface area contributed by atoms with Crippen LogP contribution in [-0.4, -0.2) is 43.1 Å². The van der Waals surface area contributed by atoms with E-state index in [4.69, 9.17) is 5.11 Å². The molecule has 1 aliphatic rings. The Balaban J connectivity index is 1.94. The number of carbonyl (C=O) groups is 1. The van der Waals surface area contributed by atoms with Gasteiger partial charge in [-0.05, 0) is 18.8 Å². The number of carbonyl (C=O) groups excluding carboxylic acids is 1. The molecular weight excluding hydrogens is 239 g/mol. The number of ether oxygens (including phenoxy) is 1. The topological polar surface area (TPSA) is 58.6 Å². The van der Waals surface area contributed by atoms with Crippen LogP contribution in [0.3, 0.4) is 0 Å². The molecule has 0 aromatic heterocycles. The highest BCUT2D eigenvalue weighted by Crippen LogP contribution is 2.26. The first-order valence-corrected chi connectivity index (χ1v) is 5.46. The van der Waals surface area contributed by atoms with Gasteiger partial charge in [0.2, 0.25) is 5.91 Å². The van der Waals surface area contributed by atoms with E-state index < -0.39 is 12.8 Å². The number of nitrogens with one attached hydrogen (secondary N) is 1. The quantitative estimate of drug-likeness (QED) is 0.691. The van der Waals surface area contributed by atoms with Gasteiger partial charge in [-0.2, -0.15) is 13.2 Å². The van der Waals surface area contributed by atoms with Crippen molar-refractivity contribution in [2.45, 2.75) is 31.5 Å². The summed E-state index contributed by atoms with van der Waals surface area (Å²) < 4.78 is 39.3. The van der Waals surface area contributed by atoms with Crippen LogP contribution in [-0.2, 0) is 9.53 Å². The zero-order chi connectivity index (χ0) is 12.9. The molecule has 100 valence electrons. The summed E-state index contributed by atoms with van der Waals surface area (Å²) >= 11 is 0. The van der Waals surface area contributed by atoms with E-state index in [9.17, 15) is 18.0 Å². The second kappa shape index (κ2) is 6.20. The summed E-state index contributed by atoms with van der Waals surface area (Å²) in [5, 5.41) is 11.6. The van der Waals surface area contributed by atoms with Crippen molar-refractivity contribution < 1.29 is 27.8 Å². The summed E-state index contributed by atoms with van der Waals surface area (Å²) in [4.78, 5) is 11.2. The zero-order valence-corrected chi connectivity index (χ0v) is 9.29. The van der Waals surface area contributed by atoms with Gasteiger partial charge in [-0.1, -0.05) is 0 Å². The van der Waals surface area contributed by atoms with E-state index in [2.05, 4.69) is 10.1 Å². The number of rotatable bonds is 6. The van der Waals surface area contributed by atoms with Gasteiger partial charge in [-0.15, -0.1) is 0 Å². The number of amides is 1. The third kappa shape index (κ3) is 6.48. The number of alkyl halides is 3. The first-order chi connectivity index (χ1) is 7.87. The molecule has 1 amide bonds. The molecule has 0 aromatic carbocycles. The Morgan fingerprint density at radius 1 is 1.41 bits per heavy atom. The fourth-order valence-corrected chi connectivity index (χ4v) is 1.57. The average molecular weight is 255 g/mol. The molecule has 0 saturated heterocycles. The maximum absolute atomic E-state index is 11.7. The SMILES string of the molecule is O=C(CCOCC(F)(F)F)NCC1CC(O)C1. The molecule has 0 spiro atoms. The lowest BCUT2D eigenvalue weighted by Gasteiger charge is -2.31. The lowest BCUT2D eigenvalue weighted by molar-refractivity contribution is -0.174. The van der Waals surface area contributed by atoms with Gasteiger partial charge in [0.25, 0.3) is 0 Å². The van der Waals surface area contributed by atoms with E-state index in [1.807, 2.05) is 0 Å². The molecule has 0 radical (unpaired) electrons. The fraction of sp³-hybridized carbons (Fsp3) is 0.900. The minimum absolute atomic E-state index is 0.0780. The molecule has 1 saturated carbocycles. The second-order valence-electron chi connectivity index (χ2n) is 4.21. The highest BCUT2D eigenvalue weighted by Gasteiger charge is 2.28. The lowest BCUT2D eigenvalue weighted by atomic mass is 9.82. The Labute approximate surface area is 97.1 Å². The molecule has 1 rings (SSSR count). The Hall–Kier alpha value is -0.820. The van der Waals surface area contributed by atoms with Crippen molar-refractivity contribution in [1.82, 2.24) is 5.32 Å². The van der Waals surface area contributed by atoms with Crippen LogP contribution in [0.15, 0.2) is 0 Å². The molecule has 17 heavy (non-hydrogen) atoms. The van der Waals surface area contributed by atoms with Gasteiger partial charge >= 0.3 is 6.18 Å². The summed E-state index contributed by atoms with van der Waals surface area (Å²) in [6.45, 7) is -1.09. The minimum atomic E-state index is -4.35. The first-order valence-electron chi connectivity index (χ1n) is 5.46. The Kier molecular flexibility index (Phi) is 5.20. The minimum Gasteiger partial charge on any atom is -0.393 e. The van der Waals surface area contributed by atoms with Crippen LogP contribution in [0.5, 0.6) is 0 Å². The van der Waals surface area contributed by atoms with Crippen LogP contribution in [0.25, 0.3) is 0 Å². The summed E-state index contributed by atoms with van der Waals surface area (Å²) in [7, 11) is 0. The lowest BCUT2D eigenvalue weighted by Crippen LogP contribution is -2.38. The van der Waals surface area contributed by atoms with Gasteiger partial charge in [-0.3, -0.25) is 4.79 Å². The zero-order valence-electron chi connectivity index (χ0n) is 9.29. The standard InChI is InChI=1S/C10H16F3NO3/c11-10(12,13)6-17-2-1-9(16)14-5-7-3-8(15)4-7/h7-8,15H,1-6H2,(H,14,16). The third-order valence-electron chi connectivity index (χ3n) is 2.54. The van der Waals surface area contributed by atoms with Crippen LogP contribution in [0, 0.1) is 5.92 Å². The van der Waals surface area contributed by atoms with Gasteiger partial charge < -0.3 is 15.2 Å². The molecule has 0 bridgehead atoms. The summed E-state index contributed by atoms with van der Waals surface area (Å²) in [5.41, 5.74) is 0. The van der Waals surface area contributed by atoms with Crippen molar-refractivity contribution in [2.75, 3.05) is 19.8 Å². The van der Waals surface area contributed by atoms with Crippen molar-refractivity contribution in [2.24, 2.45) is 5.92 Å². The fourth-order valence-electron chi connectivity index (χ4n) is 1.57. The highest BCUT2D eigenvalue weighted by atomic mass is 19.4. The van der Waals surface area contributed by atoms with Crippen LogP contribution < -0.4 is 5.32 Å². The number of aliphatic hydroxyl groups excluding tert-OH is 1. The Bertz CT molecular complexity index is 252.